The highest BCUT2D eigenvalue weighted by Gasteiger charge is 2.20. The lowest BCUT2D eigenvalue weighted by molar-refractivity contribution is 0.250. The third-order valence-electron chi connectivity index (χ3n) is 4.69. The standard InChI is InChI=1S/C19H25N3O2S/c1-2-25(23,24)19-9-8-17(14-18(19)20)22-12-10-21(11-13-22)15-16-6-4-3-5-7-16/h3-9,14H,2,10-13,15,20H2,1H3. The van der Waals surface area contributed by atoms with E-state index in [9.17, 15) is 8.42 Å². The molecule has 1 aliphatic heterocycles. The average molecular weight is 359 g/mol. The Morgan fingerprint density at radius 2 is 1.68 bits per heavy atom. The van der Waals surface area contributed by atoms with Crippen LogP contribution in [0.3, 0.4) is 0 Å². The minimum absolute atomic E-state index is 0.0642. The number of nitrogen functional groups attached to an aromatic ring is 1. The summed E-state index contributed by atoms with van der Waals surface area (Å²) >= 11 is 0. The van der Waals surface area contributed by atoms with E-state index in [-0.39, 0.29) is 10.6 Å². The molecular weight excluding hydrogens is 334 g/mol. The van der Waals surface area contributed by atoms with Gasteiger partial charge in [-0.3, -0.25) is 4.90 Å². The van der Waals surface area contributed by atoms with E-state index in [2.05, 4.69) is 34.1 Å². The van der Waals surface area contributed by atoms with Gasteiger partial charge in [0.2, 0.25) is 0 Å². The van der Waals surface area contributed by atoms with Gasteiger partial charge in [-0.15, -0.1) is 0 Å². The molecule has 6 heteroatoms. The topological polar surface area (TPSA) is 66.6 Å². The highest BCUT2D eigenvalue weighted by atomic mass is 32.2. The Balaban J connectivity index is 1.64. The minimum Gasteiger partial charge on any atom is -0.398 e. The van der Waals surface area contributed by atoms with E-state index in [0.29, 0.717) is 5.69 Å². The highest BCUT2D eigenvalue weighted by molar-refractivity contribution is 7.91. The third kappa shape index (κ3) is 4.14. The van der Waals surface area contributed by atoms with Crippen LogP contribution >= 0.6 is 0 Å². The van der Waals surface area contributed by atoms with Gasteiger partial charge in [0.25, 0.3) is 0 Å². The van der Waals surface area contributed by atoms with Crippen molar-refractivity contribution in [2.24, 2.45) is 0 Å². The average Bonchev–Trinajstić information content (AvgIpc) is 2.63. The van der Waals surface area contributed by atoms with Gasteiger partial charge in [0.05, 0.1) is 16.3 Å². The monoisotopic (exact) mass is 359 g/mol. The first-order valence-electron chi connectivity index (χ1n) is 8.63. The largest absolute Gasteiger partial charge is 0.398 e. The van der Waals surface area contributed by atoms with Crippen LogP contribution in [0.2, 0.25) is 0 Å². The number of anilines is 2. The molecular formula is C19H25N3O2S. The van der Waals surface area contributed by atoms with Crippen LogP contribution in [0.25, 0.3) is 0 Å². The number of sulfone groups is 1. The fraction of sp³-hybridized carbons (Fsp3) is 0.368. The molecule has 1 fully saturated rings. The summed E-state index contributed by atoms with van der Waals surface area (Å²) in [6.07, 6.45) is 0. The number of nitrogens with two attached hydrogens (primary N) is 1. The van der Waals surface area contributed by atoms with Gasteiger partial charge in [0, 0.05) is 38.4 Å². The van der Waals surface area contributed by atoms with E-state index < -0.39 is 9.84 Å². The summed E-state index contributed by atoms with van der Waals surface area (Å²) in [5, 5.41) is 0. The van der Waals surface area contributed by atoms with E-state index in [1.165, 1.54) is 5.56 Å². The molecule has 0 saturated carbocycles. The van der Waals surface area contributed by atoms with Crippen molar-refractivity contribution in [3.05, 3.63) is 54.1 Å². The maximum atomic E-state index is 12.0. The van der Waals surface area contributed by atoms with Crippen LogP contribution in [0.1, 0.15) is 12.5 Å². The van der Waals surface area contributed by atoms with Gasteiger partial charge in [-0.25, -0.2) is 8.42 Å². The summed E-state index contributed by atoms with van der Waals surface area (Å²) in [4.78, 5) is 4.94. The van der Waals surface area contributed by atoms with E-state index >= 15 is 0 Å². The van der Waals surface area contributed by atoms with Crippen LogP contribution < -0.4 is 10.6 Å². The molecule has 0 amide bonds. The maximum absolute atomic E-state index is 12.0. The molecule has 3 rings (SSSR count). The molecule has 0 unspecified atom stereocenters. The van der Waals surface area contributed by atoms with Crippen LogP contribution in [0.4, 0.5) is 11.4 Å². The van der Waals surface area contributed by atoms with Crippen molar-refractivity contribution in [3.63, 3.8) is 0 Å². The van der Waals surface area contributed by atoms with Crippen molar-refractivity contribution in [2.75, 3.05) is 42.6 Å². The normalized spacial score (nSPS) is 16.1. The van der Waals surface area contributed by atoms with Gasteiger partial charge in [-0.2, -0.15) is 0 Å². The lowest BCUT2D eigenvalue weighted by Crippen LogP contribution is -2.46. The van der Waals surface area contributed by atoms with E-state index in [4.69, 9.17) is 5.73 Å². The molecule has 2 aromatic rings. The summed E-state index contributed by atoms with van der Waals surface area (Å²) in [7, 11) is -3.27. The summed E-state index contributed by atoms with van der Waals surface area (Å²) in [5.74, 6) is 0.0642. The predicted octanol–water partition coefficient (Wildman–Crippen LogP) is 2.38. The Hall–Kier alpha value is -2.05. The van der Waals surface area contributed by atoms with Gasteiger partial charge < -0.3 is 10.6 Å². The second-order valence-corrected chi connectivity index (χ2v) is 8.62. The second-order valence-electron chi connectivity index (χ2n) is 6.37. The summed E-state index contributed by atoms with van der Waals surface area (Å²) in [6.45, 7) is 6.37. The van der Waals surface area contributed by atoms with E-state index in [0.717, 1.165) is 38.4 Å². The summed E-state index contributed by atoms with van der Waals surface area (Å²) in [6, 6.07) is 15.8. The quantitative estimate of drug-likeness (QED) is 0.831. The molecule has 0 bridgehead atoms. The van der Waals surface area contributed by atoms with Gasteiger partial charge in [-0.05, 0) is 23.8 Å². The van der Waals surface area contributed by atoms with Crippen molar-refractivity contribution in [2.45, 2.75) is 18.4 Å². The molecule has 0 radical (unpaired) electrons. The van der Waals surface area contributed by atoms with Gasteiger partial charge in [0.1, 0.15) is 0 Å². The van der Waals surface area contributed by atoms with Crippen molar-refractivity contribution in [3.8, 4) is 0 Å². The molecule has 2 aromatic carbocycles. The van der Waals surface area contributed by atoms with Crippen LogP contribution in [0, 0.1) is 0 Å². The van der Waals surface area contributed by atoms with Gasteiger partial charge >= 0.3 is 0 Å². The van der Waals surface area contributed by atoms with Crippen LogP contribution in [-0.2, 0) is 16.4 Å². The van der Waals surface area contributed by atoms with Gasteiger partial charge in [-0.1, -0.05) is 37.3 Å². The zero-order chi connectivity index (χ0) is 17.9. The molecule has 25 heavy (non-hydrogen) atoms. The number of benzene rings is 2. The zero-order valence-electron chi connectivity index (χ0n) is 14.6. The first kappa shape index (κ1) is 17.8. The lowest BCUT2D eigenvalue weighted by Gasteiger charge is -2.36. The molecule has 2 N–H and O–H groups in total. The highest BCUT2D eigenvalue weighted by Crippen LogP contribution is 2.26. The van der Waals surface area contributed by atoms with Gasteiger partial charge in [0.15, 0.2) is 9.84 Å². The first-order valence-corrected chi connectivity index (χ1v) is 10.3. The molecule has 0 spiro atoms. The number of rotatable bonds is 5. The predicted molar refractivity (Wildman–Crippen MR) is 103 cm³/mol. The summed E-state index contributed by atoms with van der Waals surface area (Å²) < 4.78 is 24.1. The summed E-state index contributed by atoms with van der Waals surface area (Å²) in [5.41, 5.74) is 8.66. The fourth-order valence-electron chi connectivity index (χ4n) is 3.18. The lowest BCUT2D eigenvalue weighted by atomic mass is 10.2. The van der Waals surface area contributed by atoms with E-state index in [1.54, 1.807) is 19.1 Å². The Kier molecular flexibility index (Phi) is 5.30. The number of hydrogen-bond acceptors (Lipinski definition) is 5. The molecule has 0 aromatic heterocycles. The maximum Gasteiger partial charge on any atom is 0.180 e. The Morgan fingerprint density at radius 3 is 2.28 bits per heavy atom. The minimum atomic E-state index is -3.27. The molecule has 1 aliphatic rings. The molecule has 1 saturated heterocycles. The molecule has 5 nitrogen and oxygen atoms in total. The third-order valence-corrected chi connectivity index (χ3v) is 6.50. The number of nitrogens with zero attached hydrogens (tertiary/aromatic N) is 2. The second kappa shape index (κ2) is 7.45. The van der Waals surface area contributed by atoms with Crippen molar-refractivity contribution in [1.82, 2.24) is 4.90 Å². The van der Waals surface area contributed by atoms with Crippen LogP contribution in [-0.4, -0.2) is 45.2 Å². The van der Waals surface area contributed by atoms with Crippen LogP contribution in [0.15, 0.2) is 53.4 Å². The Labute approximate surface area is 150 Å². The zero-order valence-corrected chi connectivity index (χ0v) is 15.4. The first-order chi connectivity index (χ1) is 12.0. The van der Waals surface area contributed by atoms with Crippen molar-refractivity contribution in [1.29, 1.82) is 0 Å². The molecule has 134 valence electrons. The number of hydrogen-bond donors (Lipinski definition) is 1. The fourth-order valence-corrected chi connectivity index (χ4v) is 4.18. The number of piperazine rings is 1. The molecule has 0 aliphatic carbocycles. The smallest absolute Gasteiger partial charge is 0.180 e. The van der Waals surface area contributed by atoms with Crippen molar-refractivity contribution >= 4 is 21.2 Å². The van der Waals surface area contributed by atoms with Crippen molar-refractivity contribution < 1.29 is 8.42 Å². The molecule has 0 atom stereocenters. The molecule has 1 heterocycles. The SMILES string of the molecule is CCS(=O)(=O)c1ccc(N2CCN(Cc3ccccc3)CC2)cc1N. The Bertz CT molecular complexity index is 814. The Morgan fingerprint density at radius 1 is 1.00 bits per heavy atom. The van der Waals surface area contributed by atoms with E-state index in [1.807, 2.05) is 12.1 Å². The van der Waals surface area contributed by atoms with Crippen LogP contribution in [0.5, 0.6) is 0 Å².